The highest BCUT2D eigenvalue weighted by Gasteiger charge is 2.26. The number of carbonyl (C=O) groups is 1. The third-order valence-electron chi connectivity index (χ3n) is 6.67. The summed E-state index contributed by atoms with van der Waals surface area (Å²) < 4.78 is 23.9. The molecule has 2 aliphatic rings. The van der Waals surface area contributed by atoms with Crippen molar-refractivity contribution in [1.29, 1.82) is 0 Å². The predicted molar refractivity (Wildman–Crippen MR) is 129 cm³/mol. The Bertz CT molecular complexity index is 1100. The molecule has 0 unspecified atom stereocenters. The van der Waals surface area contributed by atoms with Crippen LogP contribution >= 0.6 is 0 Å². The van der Waals surface area contributed by atoms with Crippen LogP contribution in [0.1, 0.15) is 24.3 Å². The van der Waals surface area contributed by atoms with E-state index in [4.69, 9.17) is 9.26 Å². The molecule has 1 amide bonds. The molecule has 9 heteroatoms. The van der Waals surface area contributed by atoms with E-state index in [-0.39, 0.29) is 17.6 Å². The van der Waals surface area contributed by atoms with E-state index < -0.39 is 0 Å². The van der Waals surface area contributed by atoms with Crippen LogP contribution in [0, 0.1) is 11.7 Å². The molecular formula is C26H30FN5O3. The maximum absolute atomic E-state index is 13.1. The molecule has 0 atom stereocenters. The Hall–Kier alpha value is -3.30. The first-order valence-corrected chi connectivity index (χ1v) is 12.1. The average Bonchev–Trinajstić information content (AvgIpc) is 3.37. The molecule has 0 saturated carbocycles. The molecule has 5 rings (SSSR count). The number of amides is 1. The number of halogens is 1. The van der Waals surface area contributed by atoms with Gasteiger partial charge in [0.25, 0.3) is 0 Å². The SMILES string of the molecule is O=C(NCc1ccc(N2CCOCC2)cc1)C1CCN(Cc2nc(-c3ccc(F)cc3)no2)CC1. The molecule has 0 bridgehead atoms. The number of anilines is 1. The second kappa shape index (κ2) is 11.0. The summed E-state index contributed by atoms with van der Waals surface area (Å²) in [6.07, 6.45) is 1.58. The molecule has 2 aliphatic heterocycles. The number of morpholine rings is 1. The van der Waals surface area contributed by atoms with E-state index in [2.05, 4.69) is 49.5 Å². The largest absolute Gasteiger partial charge is 0.378 e. The molecule has 0 radical (unpaired) electrons. The van der Waals surface area contributed by atoms with Gasteiger partial charge in [-0.1, -0.05) is 17.3 Å². The van der Waals surface area contributed by atoms with Crippen molar-refractivity contribution < 1.29 is 18.4 Å². The summed E-state index contributed by atoms with van der Waals surface area (Å²) in [5.41, 5.74) is 3.01. The van der Waals surface area contributed by atoms with Crippen LogP contribution in [0.15, 0.2) is 53.1 Å². The van der Waals surface area contributed by atoms with Crippen LogP contribution in [0.4, 0.5) is 10.1 Å². The molecule has 1 N–H and O–H groups in total. The normalized spacial score (nSPS) is 17.5. The Kier molecular flexibility index (Phi) is 7.34. The Balaban J connectivity index is 1.05. The zero-order chi connectivity index (χ0) is 24.0. The van der Waals surface area contributed by atoms with Crippen LogP contribution in [0.5, 0.6) is 0 Å². The number of nitrogens with zero attached hydrogens (tertiary/aromatic N) is 4. The van der Waals surface area contributed by atoms with Gasteiger partial charge in [-0.3, -0.25) is 9.69 Å². The van der Waals surface area contributed by atoms with Crippen LogP contribution < -0.4 is 10.2 Å². The fourth-order valence-electron chi connectivity index (χ4n) is 4.56. The fraction of sp³-hybridized carbons (Fsp3) is 0.423. The molecule has 0 aliphatic carbocycles. The monoisotopic (exact) mass is 479 g/mol. The standard InChI is InChI=1S/C26H30FN5O3/c27-22-5-3-20(4-6-22)25-29-24(35-30-25)18-31-11-9-21(10-12-31)26(33)28-17-19-1-7-23(8-2-19)32-13-15-34-16-14-32/h1-8,21H,9-18H2,(H,28,33). The minimum atomic E-state index is -0.300. The maximum Gasteiger partial charge on any atom is 0.241 e. The summed E-state index contributed by atoms with van der Waals surface area (Å²) in [4.78, 5) is 21.7. The van der Waals surface area contributed by atoms with Crippen molar-refractivity contribution in [2.75, 3.05) is 44.3 Å². The number of ether oxygens (including phenoxy) is 1. The highest BCUT2D eigenvalue weighted by atomic mass is 19.1. The molecule has 2 aromatic carbocycles. The van der Waals surface area contributed by atoms with E-state index in [0.717, 1.165) is 57.8 Å². The molecule has 8 nitrogen and oxygen atoms in total. The number of benzene rings is 2. The molecule has 35 heavy (non-hydrogen) atoms. The summed E-state index contributed by atoms with van der Waals surface area (Å²) >= 11 is 0. The Morgan fingerprint density at radius 3 is 2.43 bits per heavy atom. The Morgan fingerprint density at radius 1 is 1.00 bits per heavy atom. The van der Waals surface area contributed by atoms with Gasteiger partial charge >= 0.3 is 0 Å². The van der Waals surface area contributed by atoms with Crippen molar-refractivity contribution in [3.63, 3.8) is 0 Å². The van der Waals surface area contributed by atoms with Crippen molar-refractivity contribution in [3.8, 4) is 11.4 Å². The van der Waals surface area contributed by atoms with Crippen LogP contribution in [-0.4, -0.2) is 60.3 Å². The van der Waals surface area contributed by atoms with Gasteiger partial charge in [0.2, 0.25) is 17.6 Å². The summed E-state index contributed by atoms with van der Waals surface area (Å²) in [5, 5.41) is 7.10. The average molecular weight is 480 g/mol. The smallest absolute Gasteiger partial charge is 0.241 e. The van der Waals surface area contributed by atoms with Crippen LogP contribution in [0.2, 0.25) is 0 Å². The number of hydrogen-bond donors (Lipinski definition) is 1. The van der Waals surface area contributed by atoms with Gasteiger partial charge in [-0.25, -0.2) is 4.39 Å². The second-order valence-electron chi connectivity index (χ2n) is 9.05. The van der Waals surface area contributed by atoms with E-state index >= 15 is 0 Å². The first kappa shape index (κ1) is 23.4. The number of hydrogen-bond acceptors (Lipinski definition) is 7. The summed E-state index contributed by atoms with van der Waals surface area (Å²) in [6.45, 7) is 6.02. The topological polar surface area (TPSA) is 83.7 Å². The Morgan fingerprint density at radius 2 is 1.71 bits per heavy atom. The maximum atomic E-state index is 13.1. The van der Waals surface area contributed by atoms with Gasteiger partial charge in [0.05, 0.1) is 19.8 Å². The zero-order valence-electron chi connectivity index (χ0n) is 19.7. The highest BCUT2D eigenvalue weighted by Crippen LogP contribution is 2.21. The quantitative estimate of drug-likeness (QED) is 0.557. The van der Waals surface area contributed by atoms with Crippen molar-refractivity contribution in [2.24, 2.45) is 5.92 Å². The van der Waals surface area contributed by atoms with Gasteiger partial charge in [-0.05, 0) is 67.9 Å². The first-order chi connectivity index (χ1) is 17.1. The minimum Gasteiger partial charge on any atom is -0.378 e. The zero-order valence-corrected chi connectivity index (χ0v) is 19.7. The van der Waals surface area contributed by atoms with Crippen LogP contribution in [-0.2, 0) is 22.6 Å². The van der Waals surface area contributed by atoms with Gasteiger partial charge in [0.1, 0.15) is 5.82 Å². The third-order valence-corrected chi connectivity index (χ3v) is 6.67. The van der Waals surface area contributed by atoms with E-state index in [1.807, 2.05) is 0 Å². The number of carbonyl (C=O) groups excluding carboxylic acids is 1. The number of nitrogens with one attached hydrogen (secondary N) is 1. The van der Waals surface area contributed by atoms with Gasteiger partial charge in [-0.15, -0.1) is 0 Å². The van der Waals surface area contributed by atoms with Crippen molar-refractivity contribution in [3.05, 3.63) is 65.8 Å². The minimum absolute atomic E-state index is 0.0105. The molecule has 1 aromatic heterocycles. The van der Waals surface area contributed by atoms with E-state index in [0.29, 0.717) is 30.4 Å². The molecule has 2 saturated heterocycles. The summed E-state index contributed by atoms with van der Waals surface area (Å²) in [6, 6.07) is 14.4. The second-order valence-corrected chi connectivity index (χ2v) is 9.05. The number of rotatable bonds is 7. The lowest BCUT2D eigenvalue weighted by atomic mass is 9.96. The Labute approximate surface area is 204 Å². The lowest BCUT2D eigenvalue weighted by Gasteiger charge is -2.30. The first-order valence-electron chi connectivity index (χ1n) is 12.1. The predicted octanol–water partition coefficient (Wildman–Crippen LogP) is 3.24. The molecule has 2 fully saturated rings. The van der Waals surface area contributed by atoms with E-state index in [9.17, 15) is 9.18 Å². The third kappa shape index (κ3) is 6.04. The lowest BCUT2D eigenvalue weighted by molar-refractivity contribution is -0.126. The van der Waals surface area contributed by atoms with Gasteiger partial charge in [0, 0.05) is 36.8 Å². The fourth-order valence-corrected chi connectivity index (χ4v) is 4.56. The molecule has 3 aromatic rings. The lowest BCUT2D eigenvalue weighted by Crippen LogP contribution is -2.40. The van der Waals surface area contributed by atoms with Gasteiger partial charge in [-0.2, -0.15) is 4.98 Å². The molecule has 0 spiro atoms. The number of piperidine rings is 1. The molecular weight excluding hydrogens is 449 g/mol. The van der Waals surface area contributed by atoms with Crippen molar-refractivity contribution >= 4 is 11.6 Å². The van der Waals surface area contributed by atoms with Crippen molar-refractivity contribution in [1.82, 2.24) is 20.4 Å². The summed E-state index contributed by atoms with van der Waals surface area (Å²) in [7, 11) is 0. The highest BCUT2D eigenvalue weighted by molar-refractivity contribution is 5.78. The molecule has 184 valence electrons. The molecule has 3 heterocycles. The van der Waals surface area contributed by atoms with Gasteiger partial charge in [0.15, 0.2) is 0 Å². The van der Waals surface area contributed by atoms with Crippen molar-refractivity contribution in [2.45, 2.75) is 25.9 Å². The number of likely N-dealkylation sites (tertiary alicyclic amines) is 1. The van der Waals surface area contributed by atoms with E-state index in [1.165, 1.54) is 17.8 Å². The summed E-state index contributed by atoms with van der Waals surface area (Å²) in [5.74, 6) is 0.792. The number of aromatic nitrogens is 2. The van der Waals surface area contributed by atoms with Gasteiger partial charge < -0.3 is 19.5 Å². The van der Waals surface area contributed by atoms with Crippen LogP contribution in [0.25, 0.3) is 11.4 Å². The van der Waals surface area contributed by atoms with E-state index in [1.54, 1.807) is 12.1 Å². The van der Waals surface area contributed by atoms with Crippen LogP contribution in [0.3, 0.4) is 0 Å².